The van der Waals surface area contributed by atoms with Gasteiger partial charge in [0.05, 0.1) is 6.54 Å². The van der Waals surface area contributed by atoms with E-state index in [0.717, 1.165) is 5.69 Å². The van der Waals surface area contributed by atoms with Crippen LogP contribution in [0.15, 0.2) is 6.07 Å². The van der Waals surface area contributed by atoms with Crippen molar-refractivity contribution in [2.75, 3.05) is 11.4 Å². The highest BCUT2D eigenvalue weighted by atomic mass is 32.1. The maximum Gasteiger partial charge on any atom is 0.237 e. The van der Waals surface area contributed by atoms with Crippen molar-refractivity contribution in [1.29, 1.82) is 0 Å². The van der Waals surface area contributed by atoms with Crippen molar-refractivity contribution in [2.45, 2.75) is 26.8 Å². The molecule has 7 heteroatoms. The van der Waals surface area contributed by atoms with E-state index in [4.69, 9.17) is 23.7 Å². The van der Waals surface area contributed by atoms with Crippen LogP contribution in [0.1, 0.15) is 25.2 Å². The van der Waals surface area contributed by atoms with Crippen molar-refractivity contribution < 1.29 is 4.79 Å². The number of nitrogens with two attached hydrogens (primary N) is 2. The Bertz CT molecular complexity index is 475. The van der Waals surface area contributed by atoms with Crippen molar-refractivity contribution >= 4 is 29.1 Å². The first-order chi connectivity index (χ1) is 8.31. The molecule has 1 amide bonds. The van der Waals surface area contributed by atoms with Crippen LogP contribution < -0.4 is 16.4 Å². The summed E-state index contributed by atoms with van der Waals surface area (Å²) in [5, 5.41) is 0. The molecule has 0 aliphatic carbocycles. The van der Waals surface area contributed by atoms with Gasteiger partial charge in [0, 0.05) is 11.7 Å². The molecular weight excluding hydrogens is 250 g/mol. The molecule has 0 aliphatic rings. The van der Waals surface area contributed by atoms with Gasteiger partial charge in [-0.1, -0.05) is 12.2 Å². The van der Waals surface area contributed by atoms with Crippen LogP contribution in [0.2, 0.25) is 0 Å². The van der Waals surface area contributed by atoms with Gasteiger partial charge in [0.2, 0.25) is 11.9 Å². The van der Waals surface area contributed by atoms with E-state index in [9.17, 15) is 4.79 Å². The highest BCUT2D eigenvalue weighted by Crippen LogP contribution is 2.13. The summed E-state index contributed by atoms with van der Waals surface area (Å²) in [6.45, 7) is 5.72. The summed E-state index contributed by atoms with van der Waals surface area (Å²) in [4.78, 5) is 21.5. The number of carbonyl (C=O) groups is 1. The van der Waals surface area contributed by atoms with Gasteiger partial charge in [-0.25, -0.2) is 9.97 Å². The van der Waals surface area contributed by atoms with Crippen LogP contribution in [-0.2, 0) is 4.79 Å². The van der Waals surface area contributed by atoms with Gasteiger partial charge >= 0.3 is 0 Å². The Morgan fingerprint density at radius 2 is 2.06 bits per heavy atom. The monoisotopic (exact) mass is 267 g/mol. The minimum absolute atomic E-state index is 0.0403. The standard InChI is InChI=1S/C11H17N5OS/c1-6(2)16(5-9(12)17)11-14-7(3)4-8(15-11)10(13)18/h4,6H,5H2,1-3H3,(H2,12,17)(H2,13,18). The fourth-order valence-electron chi connectivity index (χ4n) is 1.46. The number of carbonyl (C=O) groups excluding carboxylic acids is 1. The van der Waals surface area contributed by atoms with Gasteiger partial charge in [-0.2, -0.15) is 0 Å². The Balaban J connectivity index is 3.19. The summed E-state index contributed by atoms with van der Waals surface area (Å²) in [7, 11) is 0. The highest BCUT2D eigenvalue weighted by molar-refractivity contribution is 7.80. The van der Waals surface area contributed by atoms with E-state index in [1.165, 1.54) is 0 Å². The molecule has 0 saturated heterocycles. The third-order valence-electron chi connectivity index (χ3n) is 2.30. The Kier molecular flexibility index (Phi) is 4.55. The third kappa shape index (κ3) is 3.63. The first-order valence-corrected chi connectivity index (χ1v) is 5.92. The number of aryl methyl sites for hydroxylation is 1. The SMILES string of the molecule is Cc1cc(C(N)=S)nc(N(CC(N)=O)C(C)C)n1. The van der Waals surface area contributed by atoms with E-state index in [1.54, 1.807) is 11.0 Å². The molecule has 4 N–H and O–H groups in total. The summed E-state index contributed by atoms with van der Waals surface area (Å²) in [5.41, 5.74) is 12.0. The molecule has 1 rings (SSSR count). The Morgan fingerprint density at radius 1 is 1.44 bits per heavy atom. The number of anilines is 1. The fourth-order valence-corrected chi connectivity index (χ4v) is 1.56. The second-order valence-corrected chi connectivity index (χ2v) is 4.69. The van der Waals surface area contributed by atoms with Crippen molar-refractivity contribution in [3.05, 3.63) is 17.5 Å². The Hall–Kier alpha value is -1.76. The molecule has 1 aromatic heterocycles. The number of primary amides is 1. The molecule has 0 spiro atoms. The number of rotatable bonds is 5. The smallest absolute Gasteiger partial charge is 0.237 e. The zero-order chi connectivity index (χ0) is 13.9. The van der Waals surface area contributed by atoms with Gasteiger partial charge in [-0.15, -0.1) is 0 Å². The molecule has 0 aliphatic heterocycles. The second-order valence-electron chi connectivity index (χ2n) is 4.25. The van der Waals surface area contributed by atoms with Gasteiger partial charge in [-0.05, 0) is 26.8 Å². The maximum absolute atomic E-state index is 11.1. The van der Waals surface area contributed by atoms with Crippen LogP contribution in [0.3, 0.4) is 0 Å². The molecule has 0 fully saturated rings. The summed E-state index contributed by atoms with van der Waals surface area (Å²) in [5.74, 6) is -0.0303. The number of aromatic nitrogens is 2. The first-order valence-electron chi connectivity index (χ1n) is 5.51. The predicted octanol–water partition coefficient (Wildman–Crippen LogP) is 0.119. The van der Waals surface area contributed by atoms with Gasteiger partial charge in [0.15, 0.2) is 0 Å². The topological polar surface area (TPSA) is 98.1 Å². The van der Waals surface area contributed by atoms with Gasteiger partial charge < -0.3 is 16.4 Å². The second kappa shape index (κ2) is 5.72. The van der Waals surface area contributed by atoms with Crippen molar-refractivity contribution in [3.8, 4) is 0 Å². The molecule has 0 aromatic carbocycles. The van der Waals surface area contributed by atoms with E-state index in [0.29, 0.717) is 11.6 Å². The molecule has 1 heterocycles. The predicted molar refractivity (Wildman–Crippen MR) is 74.3 cm³/mol. The molecule has 98 valence electrons. The van der Waals surface area contributed by atoms with Gasteiger partial charge in [0.1, 0.15) is 10.7 Å². The van der Waals surface area contributed by atoms with E-state index in [-0.39, 0.29) is 17.6 Å². The van der Waals surface area contributed by atoms with E-state index in [1.807, 2.05) is 20.8 Å². The molecule has 0 bridgehead atoms. The minimum Gasteiger partial charge on any atom is -0.388 e. The number of hydrogen-bond acceptors (Lipinski definition) is 5. The van der Waals surface area contributed by atoms with Crippen LogP contribution in [0.25, 0.3) is 0 Å². The number of hydrogen-bond donors (Lipinski definition) is 2. The average Bonchev–Trinajstić information content (AvgIpc) is 2.24. The van der Waals surface area contributed by atoms with E-state index >= 15 is 0 Å². The molecule has 18 heavy (non-hydrogen) atoms. The van der Waals surface area contributed by atoms with Crippen molar-refractivity contribution in [1.82, 2.24) is 9.97 Å². The summed E-state index contributed by atoms with van der Waals surface area (Å²) < 4.78 is 0. The minimum atomic E-state index is -0.439. The molecule has 6 nitrogen and oxygen atoms in total. The van der Waals surface area contributed by atoms with Crippen LogP contribution in [-0.4, -0.2) is 33.5 Å². The third-order valence-corrected chi connectivity index (χ3v) is 2.51. The van der Waals surface area contributed by atoms with Gasteiger partial charge in [0.25, 0.3) is 0 Å². The van der Waals surface area contributed by atoms with Gasteiger partial charge in [-0.3, -0.25) is 4.79 Å². The molecule has 0 saturated carbocycles. The number of thiocarbonyl (C=S) groups is 1. The molecule has 0 radical (unpaired) electrons. The van der Waals surface area contributed by atoms with Crippen LogP contribution in [0, 0.1) is 6.92 Å². The lowest BCUT2D eigenvalue weighted by atomic mass is 10.3. The molecular formula is C11H17N5OS. The fraction of sp³-hybridized carbons (Fsp3) is 0.455. The number of nitrogens with zero attached hydrogens (tertiary/aromatic N) is 3. The number of amides is 1. The largest absolute Gasteiger partial charge is 0.388 e. The summed E-state index contributed by atoms with van der Waals surface area (Å²) in [6.07, 6.45) is 0. The zero-order valence-electron chi connectivity index (χ0n) is 10.7. The Labute approximate surface area is 111 Å². The molecule has 0 atom stereocenters. The van der Waals surface area contributed by atoms with Crippen LogP contribution in [0.4, 0.5) is 5.95 Å². The lowest BCUT2D eigenvalue weighted by Crippen LogP contribution is -2.40. The van der Waals surface area contributed by atoms with Crippen molar-refractivity contribution in [2.24, 2.45) is 11.5 Å². The van der Waals surface area contributed by atoms with E-state index in [2.05, 4.69) is 9.97 Å². The highest BCUT2D eigenvalue weighted by Gasteiger charge is 2.17. The van der Waals surface area contributed by atoms with E-state index < -0.39 is 5.91 Å². The normalized spacial score (nSPS) is 10.4. The first kappa shape index (κ1) is 14.3. The van der Waals surface area contributed by atoms with Crippen LogP contribution >= 0.6 is 12.2 Å². The molecule has 0 unspecified atom stereocenters. The maximum atomic E-state index is 11.1. The lowest BCUT2D eigenvalue weighted by Gasteiger charge is -2.25. The quantitative estimate of drug-likeness (QED) is 0.735. The van der Waals surface area contributed by atoms with Crippen LogP contribution in [0.5, 0.6) is 0 Å². The van der Waals surface area contributed by atoms with Crippen molar-refractivity contribution in [3.63, 3.8) is 0 Å². The lowest BCUT2D eigenvalue weighted by molar-refractivity contribution is -0.116. The molecule has 1 aromatic rings. The Morgan fingerprint density at radius 3 is 2.50 bits per heavy atom. The average molecular weight is 267 g/mol. The summed E-state index contributed by atoms with van der Waals surface area (Å²) >= 11 is 4.90. The zero-order valence-corrected chi connectivity index (χ0v) is 11.5. The summed E-state index contributed by atoms with van der Waals surface area (Å²) in [6, 6.07) is 1.74.